The molecule has 1 aliphatic carbocycles. The third-order valence-electron chi connectivity index (χ3n) is 26.6. The molecule has 0 aliphatic heterocycles. The fraction of sp³-hybridized carbons (Fsp3) is 0. The molecule has 0 amide bonds. The van der Waals surface area contributed by atoms with Gasteiger partial charge in [-0.1, -0.05) is 237 Å². The highest BCUT2D eigenvalue weighted by Gasteiger charge is 2.32. The molecule has 8 nitrogen and oxygen atoms in total. The second-order valence-corrected chi connectivity index (χ2v) is 33.1. The molecular weight excluding hydrogens is 1510 g/mol. The first kappa shape index (κ1) is 68.3. The summed E-state index contributed by atoms with van der Waals surface area (Å²) in [6.07, 6.45) is 0. The van der Waals surface area contributed by atoms with Gasteiger partial charge in [0.15, 0.2) is 5.82 Å². The summed E-state index contributed by atoms with van der Waals surface area (Å²) in [6.45, 7) is 0. The van der Waals surface area contributed by atoms with Crippen LogP contribution in [0, 0.1) is 0 Å². The van der Waals surface area contributed by atoms with E-state index in [-0.39, 0.29) is 0 Å². The zero-order valence-electron chi connectivity index (χ0n) is 67.0. The summed E-state index contributed by atoms with van der Waals surface area (Å²) in [5.74, 6) is 0.656. The standard InChI is InChI=1S/C116H70N8/c1-4-23-79(24-5-1)119-99-37-16-10-29-84(99)93-65-73(47-58-106(93)119)75-50-61-109-96(68-75)87-32-13-19-40-102(87)122(109)82-53-43-71(44-54-82)114-113-91-57-64-105(124-104-42-21-15-34-89(104)98-70-78(52-63-111(98)124)77-49-60-108-95(67-77)86-31-12-18-39-101(86)121(108)81-27-8-3-9-28-81)90-35-22-36-92(112(90)91)115(113)118-116(117-114)72-45-55-83(56-46-72)123-103-41-20-14-33-88(103)97-69-76(51-62-110(97)123)74-48-59-107-94(66-74)85-30-11-17-38-100(85)120(107)80-25-6-2-7-26-80/h1-70H. The van der Waals surface area contributed by atoms with Gasteiger partial charge in [-0.15, -0.1) is 0 Å². The first-order valence-electron chi connectivity index (χ1n) is 42.6. The quantitative estimate of drug-likeness (QED) is 0.130. The monoisotopic (exact) mass is 1570 g/mol. The van der Waals surface area contributed by atoms with Gasteiger partial charge in [-0.25, -0.2) is 9.97 Å². The molecule has 27 rings (SSSR count). The van der Waals surface area contributed by atoms with E-state index in [1.165, 1.54) is 131 Å². The molecule has 0 unspecified atom stereocenters. The molecule has 574 valence electrons. The number of benzene rings is 19. The molecular formula is C116H70N8. The van der Waals surface area contributed by atoms with E-state index in [0.717, 1.165) is 117 Å². The predicted molar refractivity (Wildman–Crippen MR) is 517 cm³/mol. The number of hydrogen-bond acceptors (Lipinski definition) is 2. The molecule has 7 aromatic heterocycles. The minimum absolute atomic E-state index is 0.656. The Morgan fingerprint density at radius 1 is 0.153 bits per heavy atom. The molecule has 0 radical (unpaired) electrons. The van der Waals surface area contributed by atoms with Gasteiger partial charge in [0.1, 0.15) is 0 Å². The molecule has 0 saturated carbocycles. The van der Waals surface area contributed by atoms with Gasteiger partial charge in [0.25, 0.3) is 0 Å². The first-order valence-corrected chi connectivity index (χ1v) is 42.6. The topological polar surface area (TPSA) is 55.4 Å². The Hall–Kier alpha value is -16.7. The molecule has 0 bridgehead atoms. The van der Waals surface area contributed by atoms with Crippen LogP contribution in [0.1, 0.15) is 0 Å². The zero-order chi connectivity index (χ0) is 80.9. The van der Waals surface area contributed by atoms with Gasteiger partial charge < -0.3 is 27.4 Å². The number of nitrogens with zero attached hydrogens (tertiary/aromatic N) is 8. The van der Waals surface area contributed by atoms with Crippen molar-refractivity contribution in [1.82, 2.24) is 37.4 Å². The SMILES string of the molecule is c1ccc(-n2c3ccccc3c3cc(-c4ccc5c(c4)c4ccccc4n5-c4ccc(-c5nc(-c6ccc(-n7c8ccccc8c8cc(-c9ccc%10c(c9)c9ccccc9n%10-c9ccccc9)ccc87)cc6)c6c(n5)-c5cccc7c(-n8c9ccccc9c9cc(-c%10ccc%11c(c%10)c%10ccccc%10n%11-c%10ccccc%10)ccc98)ccc-6c57)cc4)ccc32)cc1. The van der Waals surface area contributed by atoms with Crippen molar-refractivity contribution in [3.63, 3.8) is 0 Å². The van der Waals surface area contributed by atoms with Crippen molar-refractivity contribution in [3.8, 4) is 113 Å². The van der Waals surface area contributed by atoms with E-state index >= 15 is 0 Å². The molecule has 0 fully saturated rings. The summed E-state index contributed by atoms with van der Waals surface area (Å²) >= 11 is 0. The molecule has 0 atom stereocenters. The second kappa shape index (κ2) is 26.4. The van der Waals surface area contributed by atoms with E-state index in [0.29, 0.717) is 5.82 Å². The number of aromatic nitrogens is 8. The van der Waals surface area contributed by atoms with Gasteiger partial charge in [0.05, 0.1) is 83.3 Å². The Morgan fingerprint density at radius 2 is 0.411 bits per heavy atom. The van der Waals surface area contributed by atoms with E-state index in [9.17, 15) is 0 Å². The van der Waals surface area contributed by atoms with Crippen molar-refractivity contribution in [3.05, 3.63) is 425 Å². The molecule has 8 heteroatoms. The van der Waals surface area contributed by atoms with Gasteiger partial charge in [-0.05, 0) is 227 Å². The normalized spacial score (nSPS) is 12.2. The Kier molecular flexibility index (Phi) is 14.5. The molecule has 124 heavy (non-hydrogen) atoms. The van der Waals surface area contributed by atoms with E-state index in [1.54, 1.807) is 0 Å². The minimum atomic E-state index is 0.656. The second-order valence-electron chi connectivity index (χ2n) is 33.1. The average Bonchev–Trinajstić information content (AvgIpc) is 1.54. The summed E-state index contributed by atoms with van der Waals surface area (Å²) < 4.78 is 14.5. The molecule has 7 heterocycles. The molecule has 26 aromatic rings. The van der Waals surface area contributed by atoms with E-state index in [4.69, 9.17) is 9.97 Å². The zero-order valence-corrected chi connectivity index (χ0v) is 67.0. The summed E-state index contributed by atoms with van der Waals surface area (Å²) in [5, 5.41) is 16.9. The maximum Gasteiger partial charge on any atom is 0.160 e. The maximum atomic E-state index is 5.82. The van der Waals surface area contributed by atoms with Crippen LogP contribution in [0.25, 0.3) is 254 Å². The lowest BCUT2D eigenvalue weighted by atomic mass is 9.98. The fourth-order valence-electron chi connectivity index (χ4n) is 21.1. The van der Waals surface area contributed by atoms with Crippen LogP contribution in [0.3, 0.4) is 0 Å². The predicted octanol–water partition coefficient (Wildman–Crippen LogP) is 30.2. The lowest BCUT2D eigenvalue weighted by Gasteiger charge is -2.15. The Bertz CT molecular complexity index is 9030. The van der Waals surface area contributed by atoms with Gasteiger partial charge >= 0.3 is 0 Å². The van der Waals surface area contributed by atoms with Gasteiger partial charge in [-0.2, -0.15) is 0 Å². The Balaban J connectivity index is 0.589. The lowest BCUT2D eigenvalue weighted by Crippen LogP contribution is -1.99. The van der Waals surface area contributed by atoms with Crippen LogP contribution in [0.5, 0.6) is 0 Å². The van der Waals surface area contributed by atoms with Crippen molar-refractivity contribution in [1.29, 1.82) is 0 Å². The summed E-state index contributed by atoms with van der Waals surface area (Å²) in [6, 6.07) is 156. The molecule has 1 aliphatic rings. The van der Waals surface area contributed by atoms with Crippen LogP contribution in [0.15, 0.2) is 425 Å². The van der Waals surface area contributed by atoms with Gasteiger partial charge in [-0.3, -0.25) is 0 Å². The van der Waals surface area contributed by atoms with Crippen LogP contribution in [0.4, 0.5) is 0 Å². The number of para-hydroxylation sites is 9. The average molecular weight is 1580 g/mol. The number of fused-ring (bicyclic) bond motifs is 21. The fourth-order valence-corrected chi connectivity index (χ4v) is 21.1. The third-order valence-corrected chi connectivity index (χ3v) is 26.6. The highest BCUT2D eigenvalue weighted by Crippen LogP contribution is 2.53. The van der Waals surface area contributed by atoms with Crippen LogP contribution in [-0.4, -0.2) is 37.4 Å². The van der Waals surface area contributed by atoms with E-state index < -0.39 is 0 Å². The van der Waals surface area contributed by atoms with Crippen molar-refractivity contribution in [2.45, 2.75) is 0 Å². The van der Waals surface area contributed by atoms with E-state index in [2.05, 4.69) is 452 Å². The van der Waals surface area contributed by atoms with Gasteiger partial charge in [0, 0.05) is 126 Å². The van der Waals surface area contributed by atoms with Crippen molar-refractivity contribution < 1.29 is 0 Å². The molecule has 0 N–H and O–H groups in total. The number of hydrogen-bond donors (Lipinski definition) is 0. The minimum Gasteiger partial charge on any atom is -0.309 e. The smallest absolute Gasteiger partial charge is 0.160 e. The Morgan fingerprint density at radius 3 is 0.750 bits per heavy atom. The first-order chi connectivity index (χ1) is 61.5. The molecule has 0 saturated heterocycles. The van der Waals surface area contributed by atoms with Crippen LogP contribution < -0.4 is 0 Å². The van der Waals surface area contributed by atoms with Crippen LogP contribution >= 0.6 is 0 Å². The third kappa shape index (κ3) is 10.0. The molecule has 0 spiro atoms. The summed E-state index contributed by atoms with van der Waals surface area (Å²) in [4.78, 5) is 11.6. The van der Waals surface area contributed by atoms with Crippen molar-refractivity contribution in [2.24, 2.45) is 0 Å². The van der Waals surface area contributed by atoms with E-state index in [1.807, 2.05) is 0 Å². The van der Waals surface area contributed by atoms with Crippen LogP contribution in [-0.2, 0) is 0 Å². The maximum absolute atomic E-state index is 5.82. The highest BCUT2D eigenvalue weighted by molar-refractivity contribution is 6.22. The van der Waals surface area contributed by atoms with Crippen molar-refractivity contribution >= 4 is 142 Å². The largest absolute Gasteiger partial charge is 0.309 e. The summed E-state index contributed by atoms with van der Waals surface area (Å²) in [7, 11) is 0. The lowest BCUT2D eigenvalue weighted by molar-refractivity contribution is 1.16. The van der Waals surface area contributed by atoms with Crippen molar-refractivity contribution in [2.75, 3.05) is 0 Å². The number of rotatable bonds is 11. The van der Waals surface area contributed by atoms with Gasteiger partial charge in [0.2, 0.25) is 0 Å². The highest BCUT2D eigenvalue weighted by atomic mass is 15.0. The molecule has 19 aromatic carbocycles. The summed E-state index contributed by atoms with van der Waals surface area (Å²) in [5.41, 5.74) is 34.6. The van der Waals surface area contributed by atoms with Crippen LogP contribution in [0.2, 0.25) is 0 Å². The Labute approximate surface area is 711 Å².